The van der Waals surface area contributed by atoms with Gasteiger partial charge < -0.3 is 5.32 Å². The first-order chi connectivity index (χ1) is 11.1. The molecule has 5 nitrogen and oxygen atoms in total. The van der Waals surface area contributed by atoms with E-state index in [-0.39, 0.29) is 5.78 Å². The van der Waals surface area contributed by atoms with E-state index in [4.69, 9.17) is 0 Å². The number of hydrogen-bond acceptors (Lipinski definition) is 4. The molecule has 0 saturated heterocycles. The monoisotopic (exact) mass is 416 g/mol. The van der Waals surface area contributed by atoms with Crippen molar-refractivity contribution in [3.63, 3.8) is 0 Å². The van der Waals surface area contributed by atoms with E-state index in [1.807, 2.05) is 60.0 Å². The number of hydrogen-bond donors (Lipinski definition) is 1. The third kappa shape index (κ3) is 2.42. The van der Waals surface area contributed by atoms with Gasteiger partial charge in [0.15, 0.2) is 5.82 Å². The van der Waals surface area contributed by atoms with E-state index in [0.29, 0.717) is 17.3 Å². The number of nitrogens with one attached hydrogen (secondary N) is 1. The van der Waals surface area contributed by atoms with E-state index in [2.05, 4.69) is 37.9 Å². The second-order valence-electron chi connectivity index (χ2n) is 5.39. The van der Waals surface area contributed by atoms with Gasteiger partial charge in [0.2, 0.25) is 5.78 Å². The average molecular weight is 416 g/mol. The molecule has 3 heterocycles. The molecule has 1 atom stereocenters. The highest BCUT2D eigenvalue weighted by atomic mass is 127. The van der Waals surface area contributed by atoms with Crippen LogP contribution >= 0.6 is 22.6 Å². The van der Waals surface area contributed by atoms with E-state index in [0.717, 1.165) is 14.8 Å². The molecule has 0 spiro atoms. The summed E-state index contributed by atoms with van der Waals surface area (Å²) in [4.78, 5) is 21.8. The van der Waals surface area contributed by atoms with Gasteiger partial charge in [0.25, 0.3) is 0 Å². The molecule has 0 unspecified atom stereocenters. The van der Waals surface area contributed by atoms with Gasteiger partial charge in [-0.15, -0.1) is 0 Å². The van der Waals surface area contributed by atoms with Crippen LogP contribution in [-0.4, -0.2) is 27.0 Å². The minimum absolute atomic E-state index is 0.0355. The Hall–Kier alpha value is -2.22. The van der Waals surface area contributed by atoms with Crippen LogP contribution in [0.4, 0.5) is 5.82 Å². The van der Waals surface area contributed by atoms with Gasteiger partial charge in [-0.2, -0.15) is 0 Å². The second kappa shape index (κ2) is 5.45. The molecule has 23 heavy (non-hydrogen) atoms. The van der Waals surface area contributed by atoms with Crippen molar-refractivity contribution >= 4 is 45.7 Å². The molecule has 3 aromatic rings. The molecule has 6 heteroatoms. The van der Waals surface area contributed by atoms with Gasteiger partial charge in [-0.25, -0.2) is 4.98 Å². The minimum atomic E-state index is -0.460. The van der Waals surface area contributed by atoms with Crippen LogP contribution in [0.25, 0.3) is 5.65 Å². The molecule has 0 fully saturated rings. The quantitative estimate of drug-likeness (QED) is 0.619. The molecule has 1 N–H and O–H groups in total. The zero-order valence-electron chi connectivity index (χ0n) is 12.3. The molecule has 1 aromatic carbocycles. The van der Waals surface area contributed by atoms with Gasteiger partial charge in [0, 0.05) is 15.3 Å². The van der Waals surface area contributed by atoms with Crippen LogP contribution in [0.3, 0.4) is 0 Å². The molecule has 0 saturated carbocycles. The van der Waals surface area contributed by atoms with E-state index in [9.17, 15) is 4.79 Å². The van der Waals surface area contributed by atoms with Gasteiger partial charge in [-0.05, 0) is 53.8 Å². The fourth-order valence-electron chi connectivity index (χ4n) is 2.67. The van der Waals surface area contributed by atoms with Crippen molar-refractivity contribution in [3.8, 4) is 0 Å². The highest BCUT2D eigenvalue weighted by molar-refractivity contribution is 14.1. The fraction of sp³-hybridized carbons (Fsp3) is 0.118. The standard InChI is InChI=1S/C17H13IN4O/c1-10-15(23)14-17(20-13-4-2-3-9-22(13)14)21-16(19-10)11-5-7-12(18)8-6-11/h2-10H,1H3,(H,19,21)/t10-/m0/s1. The van der Waals surface area contributed by atoms with Crippen molar-refractivity contribution in [2.75, 3.05) is 5.32 Å². The van der Waals surface area contributed by atoms with Gasteiger partial charge in [-0.3, -0.25) is 14.2 Å². The highest BCUT2D eigenvalue weighted by Crippen LogP contribution is 2.24. The first kappa shape index (κ1) is 14.4. The number of Topliss-reactive ketones (excluding diaryl/α,β-unsaturated/α-hetero) is 1. The summed E-state index contributed by atoms with van der Waals surface area (Å²) in [7, 11) is 0. The Morgan fingerprint density at radius 2 is 1.96 bits per heavy atom. The number of carbonyl (C=O) groups is 1. The fourth-order valence-corrected chi connectivity index (χ4v) is 3.03. The van der Waals surface area contributed by atoms with Crippen LogP contribution in [0, 0.1) is 3.57 Å². The molecule has 1 aliphatic heterocycles. The summed E-state index contributed by atoms with van der Waals surface area (Å²) < 4.78 is 2.96. The summed E-state index contributed by atoms with van der Waals surface area (Å²) in [6.07, 6.45) is 1.85. The van der Waals surface area contributed by atoms with Crippen molar-refractivity contribution in [3.05, 3.63) is 63.5 Å². The lowest BCUT2D eigenvalue weighted by Gasteiger charge is -2.07. The first-order valence-electron chi connectivity index (χ1n) is 7.25. The summed E-state index contributed by atoms with van der Waals surface area (Å²) in [5, 5.41) is 3.24. The molecule has 114 valence electrons. The summed E-state index contributed by atoms with van der Waals surface area (Å²) >= 11 is 2.26. The number of rotatable bonds is 1. The van der Waals surface area contributed by atoms with Gasteiger partial charge >= 0.3 is 0 Å². The average Bonchev–Trinajstić information content (AvgIpc) is 2.86. The maximum atomic E-state index is 12.7. The largest absolute Gasteiger partial charge is 0.323 e. The summed E-state index contributed by atoms with van der Waals surface area (Å²) in [6.45, 7) is 1.81. The number of pyridine rings is 1. The molecule has 0 aliphatic carbocycles. The number of carbonyl (C=O) groups excluding carboxylic acids is 1. The normalized spacial score (nSPS) is 17.4. The summed E-state index contributed by atoms with van der Waals surface area (Å²) in [5.74, 6) is 1.19. The third-order valence-corrected chi connectivity index (χ3v) is 4.54. The molecule has 1 aliphatic rings. The number of benzene rings is 1. The number of anilines is 1. The van der Waals surface area contributed by atoms with Crippen molar-refractivity contribution in [1.29, 1.82) is 0 Å². The van der Waals surface area contributed by atoms with Gasteiger partial charge in [0.1, 0.15) is 23.2 Å². The van der Waals surface area contributed by atoms with Gasteiger partial charge in [-0.1, -0.05) is 18.2 Å². The molecular formula is C17H13IN4O. The lowest BCUT2D eigenvalue weighted by molar-refractivity contribution is 0.0965. The molecule has 2 aromatic heterocycles. The smallest absolute Gasteiger partial charge is 0.207 e. The number of aliphatic imine (C=N–C) groups is 1. The first-order valence-corrected chi connectivity index (χ1v) is 8.33. The Bertz CT molecular complexity index is 943. The maximum absolute atomic E-state index is 12.7. The Labute approximate surface area is 146 Å². The number of nitrogens with zero attached hydrogens (tertiary/aromatic N) is 3. The van der Waals surface area contributed by atoms with Crippen molar-refractivity contribution in [1.82, 2.24) is 9.38 Å². The maximum Gasteiger partial charge on any atom is 0.207 e. The number of ketones is 1. The molecular weight excluding hydrogens is 403 g/mol. The number of amidine groups is 1. The van der Waals surface area contributed by atoms with E-state index >= 15 is 0 Å². The van der Waals surface area contributed by atoms with Crippen LogP contribution in [0.15, 0.2) is 53.7 Å². The lowest BCUT2D eigenvalue weighted by Crippen LogP contribution is -2.17. The number of fused-ring (bicyclic) bond motifs is 3. The topological polar surface area (TPSA) is 58.8 Å². The number of imidazole rings is 1. The zero-order valence-corrected chi connectivity index (χ0v) is 14.5. The Balaban J connectivity index is 1.88. The van der Waals surface area contributed by atoms with Crippen LogP contribution in [0.2, 0.25) is 0 Å². The summed E-state index contributed by atoms with van der Waals surface area (Å²) in [6, 6.07) is 13.2. The number of aromatic nitrogens is 2. The predicted octanol–water partition coefficient (Wildman–Crippen LogP) is 3.38. The van der Waals surface area contributed by atoms with E-state index < -0.39 is 6.04 Å². The molecule has 0 bridgehead atoms. The van der Waals surface area contributed by atoms with Crippen LogP contribution < -0.4 is 5.32 Å². The number of halogens is 1. The van der Waals surface area contributed by atoms with Crippen molar-refractivity contribution in [2.24, 2.45) is 4.99 Å². The SMILES string of the molecule is C[C@@H]1N=C(c2ccc(I)cc2)Nc2nc3ccccn3c2C1=O. The van der Waals surface area contributed by atoms with Gasteiger partial charge in [0.05, 0.1) is 0 Å². The molecule has 4 rings (SSSR count). The Kier molecular flexibility index (Phi) is 3.41. The van der Waals surface area contributed by atoms with Crippen molar-refractivity contribution < 1.29 is 4.79 Å². The predicted molar refractivity (Wildman–Crippen MR) is 98.3 cm³/mol. The highest BCUT2D eigenvalue weighted by Gasteiger charge is 2.28. The zero-order chi connectivity index (χ0) is 16.0. The van der Waals surface area contributed by atoms with Crippen LogP contribution in [-0.2, 0) is 0 Å². The second-order valence-corrected chi connectivity index (χ2v) is 6.63. The minimum Gasteiger partial charge on any atom is -0.323 e. The molecule has 0 amide bonds. The third-order valence-electron chi connectivity index (χ3n) is 3.82. The lowest BCUT2D eigenvalue weighted by atomic mass is 10.1. The Morgan fingerprint density at radius 3 is 2.74 bits per heavy atom. The van der Waals surface area contributed by atoms with Crippen molar-refractivity contribution in [2.45, 2.75) is 13.0 Å². The Morgan fingerprint density at radius 1 is 1.17 bits per heavy atom. The van der Waals surface area contributed by atoms with E-state index in [1.54, 1.807) is 0 Å². The summed E-state index contributed by atoms with van der Waals surface area (Å²) in [5.41, 5.74) is 2.24. The molecule has 0 radical (unpaired) electrons. The van der Waals surface area contributed by atoms with Crippen LogP contribution in [0.5, 0.6) is 0 Å². The van der Waals surface area contributed by atoms with E-state index in [1.165, 1.54) is 0 Å². The van der Waals surface area contributed by atoms with Crippen LogP contribution in [0.1, 0.15) is 23.0 Å².